The van der Waals surface area contributed by atoms with Crippen molar-refractivity contribution in [3.8, 4) is 5.82 Å². The van der Waals surface area contributed by atoms with Gasteiger partial charge in [-0.05, 0) is 31.0 Å². The molecule has 5 heteroatoms. The number of hydrogen-bond acceptors (Lipinski definition) is 3. The Labute approximate surface area is 98.7 Å². The number of rotatable bonds is 3. The molecule has 0 aliphatic heterocycles. The summed E-state index contributed by atoms with van der Waals surface area (Å²) in [6.07, 6.45) is 2.32. The first-order chi connectivity index (χ1) is 8.13. The van der Waals surface area contributed by atoms with Crippen LogP contribution in [-0.4, -0.2) is 25.8 Å². The molecule has 2 heterocycles. The summed E-state index contributed by atoms with van der Waals surface area (Å²) in [5.41, 5.74) is 1.77. The molecule has 2 aromatic heterocycles. The summed E-state index contributed by atoms with van der Waals surface area (Å²) in [5, 5.41) is 13.4. The Kier molecular flexibility index (Phi) is 2.91. The molecule has 0 aromatic carbocycles. The first-order valence-corrected chi connectivity index (χ1v) is 5.37. The molecule has 0 saturated carbocycles. The number of carboxylic acid groups (broad SMARTS) is 1. The highest BCUT2D eigenvalue weighted by atomic mass is 16.4. The fourth-order valence-electron chi connectivity index (χ4n) is 1.62. The number of aromatic carboxylic acids is 1. The molecule has 88 valence electrons. The maximum atomic E-state index is 11.1. The van der Waals surface area contributed by atoms with Crippen molar-refractivity contribution in [1.82, 2.24) is 14.8 Å². The Morgan fingerprint density at radius 3 is 2.88 bits per heavy atom. The molecule has 2 rings (SSSR count). The monoisotopic (exact) mass is 231 g/mol. The first kappa shape index (κ1) is 11.3. The lowest BCUT2D eigenvalue weighted by Gasteiger charge is -2.05. The van der Waals surface area contributed by atoms with Gasteiger partial charge in [-0.25, -0.2) is 14.5 Å². The molecule has 0 aliphatic carbocycles. The number of pyridine rings is 1. The summed E-state index contributed by atoms with van der Waals surface area (Å²) >= 11 is 0. The summed E-state index contributed by atoms with van der Waals surface area (Å²) < 4.78 is 1.39. The summed E-state index contributed by atoms with van der Waals surface area (Å²) in [7, 11) is 0. The van der Waals surface area contributed by atoms with E-state index < -0.39 is 5.97 Å². The van der Waals surface area contributed by atoms with Crippen LogP contribution in [0.15, 0.2) is 24.4 Å². The van der Waals surface area contributed by atoms with E-state index in [1.165, 1.54) is 4.68 Å². The van der Waals surface area contributed by atoms with E-state index in [0.717, 1.165) is 11.3 Å². The number of nitrogens with zero attached hydrogens (tertiary/aromatic N) is 3. The Morgan fingerprint density at radius 2 is 2.29 bits per heavy atom. The normalized spacial score (nSPS) is 10.5. The Morgan fingerprint density at radius 1 is 1.53 bits per heavy atom. The zero-order valence-electron chi connectivity index (χ0n) is 9.71. The highest BCUT2D eigenvalue weighted by molar-refractivity contribution is 5.86. The van der Waals surface area contributed by atoms with Crippen molar-refractivity contribution < 1.29 is 9.90 Å². The van der Waals surface area contributed by atoms with E-state index in [1.807, 2.05) is 26.0 Å². The lowest BCUT2D eigenvalue weighted by Crippen LogP contribution is -2.10. The predicted octanol–water partition coefficient (Wildman–Crippen LogP) is 1.84. The van der Waals surface area contributed by atoms with Gasteiger partial charge in [-0.3, -0.25) is 0 Å². The standard InChI is InChI=1S/C12H13N3O2/c1-3-9-7-10(12(16)17)15(14-9)11-8(2)5-4-6-13-11/h4-7H,3H2,1-2H3,(H,16,17). The second kappa shape index (κ2) is 4.37. The molecule has 0 spiro atoms. The van der Waals surface area contributed by atoms with Crippen molar-refractivity contribution in [1.29, 1.82) is 0 Å². The summed E-state index contributed by atoms with van der Waals surface area (Å²) in [5.74, 6) is -0.438. The molecule has 0 radical (unpaired) electrons. The van der Waals surface area contributed by atoms with Gasteiger partial charge in [0.05, 0.1) is 5.69 Å². The van der Waals surface area contributed by atoms with Crippen LogP contribution in [0.4, 0.5) is 0 Å². The van der Waals surface area contributed by atoms with Gasteiger partial charge in [-0.2, -0.15) is 5.10 Å². The molecular weight excluding hydrogens is 218 g/mol. The average Bonchev–Trinajstić information content (AvgIpc) is 2.73. The van der Waals surface area contributed by atoms with Gasteiger partial charge in [-0.1, -0.05) is 13.0 Å². The number of hydrogen-bond donors (Lipinski definition) is 1. The van der Waals surface area contributed by atoms with Crippen LogP contribution in [-0.2, 0) is 6.42 Å². The van der Waals surface area contributed by atoms with E-state index in [9.17, 15) is 4.79 Å². The minimum atomic E-state index is -0.998. The van der Waals surface area contributed by atoms with Crippen LogP contribution in [0.2, 0.25) is 0 Å². The van der Waals surface area contributed by atoms with Crippen LogP contribution in [0.3, 0.4) is 0 Å². The van der Waals surface area contributed by atoms with Gasteiger partial charge < -0.3 is 5.11 Å². The molecule has 0 fully saturated rings. The number of aryl methyl sites for hydroxylation is 2. The van der Waals surface area contributed by atoms with Crippen molar-refractivity contribution in [2.24, 2.45) is 0 Å². The van der Waals surface area contributed by atoms with E-state index in [4.69, 9.17) is 5.11 Å². The maximum absolute atomic E-state index is 11.1. The Bertz CT molecular complexity index is 561. The lowest BCUT2D eigenvalue weighted by molar-refractivity contribution is 0.0687. The van der Waals surface area contributed by atoms with Crippen molar-refractivity contribution >= 4 is 5.97 Å². The zero-order chi connectivity index (χ0) is 12.4. The first-order valence-electron chi connectivity index (χ1n) is 5.37. The summed E-state index contributed by atoms with van der Waals surface area (Å²) in [6.45, 7) is 3.81. The minimum Gasteiger partial charge on any atom is -0.477 e. The summed E-state index contributed by atoms with van der Waals surface area (Å²) in [6, 6.07) is 5.27. The molecule has 0 bridgehead atoms. The van der Waals surface area contributed by atoms with Crippen molar-refractivity contribution in [3.63, 3.8) is 0 Å². The smallest absolute Gasteiger partial charge is 0.354 e. The molecule has 5 nitrogen and oxygen atoms in total. The van der Waals surface area contributed by atoms with E-state index >= 15 is 0 Å². The Balaban J connectivity index is 2.62. The molecule has 0 saturated heterocycles. The number of carboxylic acids is 1. The van der Waals surface area contributed by atoms with Crippen molar-refractivity contribution in [3.05, 3.63) is 41.3 Å². The quantitative estimate of drug-likeness (QED) is 0.875. The predicted molar refractivity (Wildman–Crippen MR) is 62.4 cm³/mol. The fourth-order valence-corrected chi connectivity index (χ4v) is 1.62. The van der Waals surface area contributed by atoms with E-state index in [0.29, 0.717) is 12.2 Å². The second-order valence-electron chi connectivity index (χ2n) is 3.74. The topological polar surface area (TPSA) is 68.0 Å². The average molecular weight is 231 g/mol. The highest BCUT2D eigenvalue weighted by Crippen LogP contribution is 2.14. The molecule has 0 atom stereocenters. The van der Waals surface area contributed by atoms with E-state index in [-0.39, 0.29) is 5.69 Å². The summed E-state index contributed by atoms with van der Waals surface area (Å²) in [4.78, 5) is 15.3. The van der Waals surface area contributed by atoms with Crippen LogP contribution < -0.4 is 0 Å². The largest absolute Gasteiger partial charge is 0.477 e. The molecule has 1 N–H and O–H groups in total. The van der Waals surface area contributed by atoms with Crippen LogP contribution in [0, 0.1) is 6.92 Å². The number of aromatic nitrogens is 3. The van der Waals surface area contributed by atoms with Crippen molar-refractivity contribution in [2.45, 2.75) is 20.3 Å². The molecule has 0 aliphatic rings. The second-order valence-corrected chi connectivity index (χ2v) is 3.74. The van der Waals surface area contributed by atoms with Crippen molar-refractivity contribution in [2.75, 3.05) is 0 Å². The maximum Gasteiger partial charge on any atom is 0.354 e. The highest BCUT2D eigenvalue weighted by Gasteiger charge is 2.16. The van der Waals surface area contributed by atoms with Gasteiger partial charge in [0.2, 0.25) is 0 Å². The third kappa shape index (κ3) is 2.04. The Hall–Kier alpha value is -2.17. The minimum absolute atomic E-state index is 0.142. The molecule has 2 aromatic rings. The van der Waals surface area contributed by atoms with Gasteiger partial charge in [0.1, 0.15) is 0 Å². The zero-order valence-corrected chi connectivity index (χ0v) is 9.71. The molecule has 0 amide bonds. The van der Waals surface area contributed by atoms with Crippen LogP contribution in [0.1, 0.15) is 28.7 Å². The van der Waals surface area contributed by atoms with Crippen LogP contribution >= 0.6 is 0 Å². The van der Waals surface area contributed by atoms with E-state index in [2.05, 4.69) is 10.1 Å². The number of carbonyl (C=O) groups is 1. The van der Waals surface area contributed by atoms with Crippen LogP contribution in [0.25, 0.3) is 5.82 Å². The van der Waals surface area contributed by atoms with Gasteiger partial charge in [0, 0.05) is 6.20 Å². The van der Waals surface area contributed by atoms with E-state index in [1.54, 1.807) is 12.3 Å². The third-order valence-electron chi connectivity index (χ3n) is 2.52. The fraction of sp³-hybridized carbons (Fsp3) is 0.250. The SMILES string of the molecule is CCc1cc(C(=O)O)n(-c2ncccc2C)n1. The molecule has 0 unspecified atom stereocenters. The van der Waals surface area contributed by atoms with Crippen LogP contribution in [0.5, 0.6) is 0 Å². The molecule has 17 heavy (non-hydrogen) atoms. The third-order valence-corrected chi connectivity index (χ3v) is 2.52. The molecular formula is C12H13N3O2. The van der Waals surface area contributed by atoms with Gasteiger partial charge in [0.15, 0.2) is 11.5 Å². The van der Waals surface area contributed by atoms with Gasteiger partial charge in [0.25, 0.3) is 0 Å². The lowest BCUT2D eigenvalue weighted by atomic mass is 10.3. The van der Waals surface area contributed by atoms with Gasteiger partial charge in [-0.15, -0.1) is 0 Å². The van der Waals surface area contributed by atoms with Gasteiger partial charge >= 0.3 is 5.97 Å².